The topological polar surface area (TPSA) is 21.3 Å². The van der Waals surface area contributed by atoms with E-state index in [-0.39, 0.29) is 5.72 Å². The van der Waals surface area contributed by atoms with Crippen LogP contribution in [-0.4, -0.2) is 18.9 Å². The van der Waals surface area contributed by atoms with Gasteiger partial charge >= 0.3 is 0 Å². The molecule has 0 saturated carbocycles. The zero-order valence-electron chi connectivity index (χ0n) is 9.44. The van der Waals surface area contributed by atoms with Crippen LogP contribution in [0.1, 0.15) is 47.0 Å². The van der Waals surface area contributed by atoms with Crippen molar-refractivity contribution in [1.82, 2.24) is 5.32 Å². The predicted molar refractivity (Wildman–Crippen MR) is 55.7 cm³/mol. The molecule has 1 unspecified atom stereocenters. The Morgan fingerprint density at radius 3 is 2.08 bits per heavy atom. The Morgan fingerprint density at radius 2 is 1.77 bits per heavy atom. The number of rotatable bonds is 3. The molecule has 1 aliphatic heterocycles. The minimum atomic E-state index is -0.0756. The maximum Gasteiger partial charge on any atom is 0.116 e. The molecule has 2 nitrogen and oxygen atoms in total. The van der Waals surface area contributed by atoms with Gasteiger partial charge in [0, 0.05) is 12.0 Å². The summed E-state index contributed by atoms with van der Waals surface area (Å²) in [6, 6.07) is 0. The SMILES string of the molecule is CCC1(CC)CNC(C)(CC)OC1. The molecule has 1 rings (SSSR count). The molecule has 0 amide bonds. The minimum absolute atomic E-state index is 0.0756. The van der Waals surface area contributed by atoms with Crippen molar-refractivity contribution in [3.05, 3.63) is 0 Å². The van der Waals surface area contributed by atoms with Crippen LogP contribution in [0.5, 0.6) is 0 Å². The monoisotopic (exact) mass is 185 g/mol. The summed E-state index contributed by atoms with van der Waals surface area (Å²) in [5.74, 6) is 0. The van der Waals surface area contributed by atoms with Gasteiger partial charge in [-0.05, 0) is 26.2 Å². The molecular weight excluding hydrogens is 162 g/mol. The Morgan fingerprint density at radius 1 is 1.15 bits per heavy atom. The van der Waals surface area contributed by atoms with Gasteiger partial charge in [0.05, 0.1) is 6.61 Å². The average molecular weight is 185 g/mol. The minimum Gasteiger partial charge on any atom is -0.360 e. The number of nitrogens with one attached hydrogen (secondary N) is 1. The summed E-state index contributed by atoms with van der Waals surface area (Å²) in [7, 11) is 0. The second-order valence-electron chi connectivity index (χ2n) is 4.43. The summed E-state index contributed by atoms with van der Waals surface area (Å²) in [5.41, 5.74) is 0.308. The van der Waals surface area contributed by atoms with Crippen LogP contribution in [0.15, 0.2) is 0 Å². The van der Waals surface area contributed by atoms with Gasteiger partial charge in [0.1, 0.15) is 5.72 Å². The van der Waals surface area contributed by atoms with Crippen LogP contribution in [0.4, 0.5) is 0 Å². The van der Waals surface area contributed by atoms with E-state index in [0.717, 1.165) is 19.6 Å². The fourth-order valence-electron chi connectivity index (χ4n) is 1.72. The molecule has 1 fully saturated rings. The molecule has 1 atom stereocenters. The first-order valence-corrected chi connectivity index (χ1v) is 5.49. The van der Waals surface area contributed by atoms with Crippen LogP contribution < -0.4 is 5.32 Å². The maximum atomic E-state index is 5.90. The van der Waals surface area contributed by atoms with Gasteiger partial charge in [-0.25, -0.2) is 0 Å². The Bertz CT molecular complexity index is 153. The molecule has 0 spiro atoms. The van der Waals surface area contributed by atoms with Gasteiger partial charge in [0.2, 0.25) is 0 Å². The highest BCUT2D eigenvalue weighted by atomic mass is 16.5. The Balaban J connectivity index is 2.54. The standard InChI is InChI=1S/C11H23NO/c1-5-10(4)12-8-11(6-2,7-3)9-13-10/h12H,5-9H2,1-4H3. The van der Waals surface area contributed by atoms with Gasteiger partial charge in [-0.15, -0.1) is 0 Å². The number of hydrogen-bond donors (Lipinski definition) is 1. The molecule has 0 aromatic heterocycles. The number of ether oxygens (including phenoxy) is 1. The van der Waals surface area contributed by atoms with Crippen molar-refractivity contribution in [2.75, 3.05) is 13.2 Å². The van der Waals surface area contributed by atoms with E-state index in [2.05, 4.69) is 33.0 Å². The van der Waals surface area contributed by atoms with E-state index >= 15 is 0 Å². The lowest BCUT2D eigenvalue weighted by Crippen LogP contribution is -2.56. The summed E-state index contributed by atoms with van der Waals surface area (Å²) in [6.07, 6.45) is 3.45. The highest BCUT2D eigenvalue weighted by Crippen LogP contribution is 2.32. The maximum absolute atomic E-state index is 5.90. The van der Waals surface area contributed by atoms with Crippen molar-refractivity contribution in [1.29, 1.82) is 0 Å². The molecule has 0 aromatic rings. The molecule has 0 bridgehead atoms. The summed E-state index contributed by atoms with van der Waals surface area (Å²) in [5, 5.41) is 3.52. The van der Waals surface area contributed by atoms with Crippen molar-refractivity contribution in [2.45, 2.75) is 52.7 Å². The third kappa shape index (κ3) is 2.23. The summed E-state index contributed by atoms with van der Waals surface area (Å²) < 4.78 is 5.90. The van der Waals surface area contributed by atoms with Gasteiger partial charge < -0.3 is 4.74 Å². The number of hydrogen-bond acceptors (Lipinski definition) is 2. The van der Waals surface area contributed by atoms with E-state index in [1.54, 1.807) is 0 Å². The van der Waals surface area contributed by atoms with Crippen molar-refractivity contribution in [3.8, 4) is 0 Å². The quantitative estimate of drug-likeness (QED) is 0.729. The van der Waals surface area contributed by atoms with Crippen LogP contribution >= 0.6 is 0 Å². The Labute approximate surface area is 82.0 Å². The molecule has 2 heteroatoms. The van der Waals surface area contributed by atoms with Gasteiger partial charge in [0.25, 0.3) is 0 Å². The van der Waals surface area contributed by atoms with Crippen LogP contribution in [0.25, 0.3) is 0 Å². The van der Waals surface area contributed by atoms with E-state index in [9.17, 15) is 0 Å². The zero-order chi connectivity index (χ0) is 9.95. The molecule has 1 N–H and O–H groups in total. The lowest BCUT2D eigenvalue weighted by molar-refractivity contribution is -0.138. The lowest BCUT2D eigenvalue weighted by Gasteiger charge is -2.45. The lowest BCUT2D eigenvalue weighted by atomic mass is 9.81. The first-order valence-electron chi connectivity index (χ1n) is 5.49. The van der Waals surface area contributed by atoms with E-state index in [1.165, 1.54) is 12.8 Å². The van der Waals surface area contributed by atoms with Gasteiger partial charge in [-0.3, -0.25) is 5.32 Å². The van der Waals surface area contributed by atoms with Gasteiger partial charge in [0.15, 0.2) is 0 Å². The second kappa shape index (κ2) is 3.97. The van der Waals surface area contributed by atoms with Crippen molar-refractivity contribution in [3.63, 3.8) is 0 Å². The Hall–Kier alpha value is -0.0800. The van der Waals surface area contributed by atoms with E-state index < -0.39 is 0 Å². The van der Waals surface area contributed by atoms with E-state index in [1.807, 2.05) is 0 Å². The third-order valence-corrected chi connectivity index (χ3v) is 3.71. The highest BCUT2D eigenvalue weighted by molar-refractivity contribution is 4.87. The van der Waals surface area contributed by atoms with Crippen molar-refractivity contribution < 1.29 is 4.74 Å². The molecule has 1 heterocycles. The summed E-state index contributed by atoms with van der Waals surface area (Å²) in [6.45, 7) is 10.8. The van der Waals surface area contributed by atoms with Crippen LogP contribution in [0, 0.1) is 5.41 Å². The molecule has 78 valence electrons. The molecule has 13 heavy (non-hydrogen) atoms. The first kappa shape index (κ1) is 11.0. The summed E-state index contributed by atoms with van der Waals surface area (Å²) >= 11 is 0. The van der Waals surface area contributed by atoms with E-state index in [0.29, 0.717) is 5.41 Å². The first-order chi connectivity index (χ1) is 6.10. The largest absolute Gasteiger partial charge is 0.360 e. The molecule has 0 aromatic carbocycles. The molecule has 0 radical (unpaired) electrons. The second-order valence-corrected chi connectivity index (χ2v) is 4.43. The zero-order valence-corrected chi connectivity index (χ0v) is 9.44. The fraction of sp³-hybridized carbons (Fsp3) is 1.00. The van der Waals surface area contributed by atoms with Gasteiger partial charge in [-0.1, -0.05) is 20.8 Å². The fourth-order valence-corrected chi connectivity index (χ4v) is 1.72. The van der Waals surface area contributed by atoms with Crippen molar-refractivity contribution >= 4 is 0 Å². The Kier molecular flexibility index (Phi) is 3.36. The smallest absolute Gasteiger partial charge is 0.116 e. The van der Waals surface area contributed by atoms with Crippen molar-refractivity contribution in [2.24, 2.45) is 5.41 Å². The van der Waals surface area contributed by atoms with Crippen LogP contribution in [-0.2, 0) is 4.74 Å². The van der Waals surface area contributed by atoms with Gasteiger partial charge in [-0.2, -0.15) is 0 Å². The van der Waals surface area contributed by atoms with Crippen LogP contribution in [0.2, 0.25) is 0 Å². The molecule has 0 aliphatic carbocycles. The van der Waals surface area contributed by atoms with E-state index in [4.69, 9.17) is 4.74 Å². The third-order valence-electron chi connectivity index (χ3n) is 3.71. The normalized spacial score (nSPS) is 33.2. The molecular formula is C11H23NO. The molecule has 1 saturated heterocycles. The highest BCUT2D eigenvalue weighted by Gasteiger charge is 2.37. The average Bonchev–Trinajstić information content (AvgIpc) is 2.20. The molecule has 1 aliphatic rings. The summed E-state index contributed by atoms with van der Waals surface area (Å²) in [4.78, 5) is 0. The van der Waals surface area contributed by atoms with Crippen LogP contribution in [0.3, 0.4) is 0 Å². The predicted octanol–water partition coefficient (Wildman–Crippen LogP) is 2.54.